The van der Waals surface area contributed by atoms with Crippen molar-refractivity contribution in [2.75, 3.05) is 10.2 Å². The Morgan fingerprint density at radius 2 is 1.52 bits per heavy atom. The molecule has 0 unspecified atom stereocenters. The van der Waals surface area contributed by atoms with Crippen LogP contribution in [-0.4, -0.2) is 20.5 Å². The largest absolute Gasteiger partial charge is 0.351 e. The fraction of sp³-hybridized carbons (Fsp3) is 0. The van der Waals surface area contributed by atoms with Crippen LogP contribution in [-0.2, 0) is 10.0 Å². The van der Waals surface area contributed by atoms with E-state index in [4.69, 9.17) is 10.9 Å². The van der Waals surface area contributed by atoms with Gasteiger partial charge < -0.3 is 11.1 Å². The molecule has 0 aliphatic carbocycles. The molecule has 0 radical (unpaired) electrons. The number of para-hydroxylation sites is 1. The lowest BCUT2D eigenvalue weighted by Crippen LogP contribution is -2.43. The number of amides is 4. The molecule has 0 atom stereocenters. The van der Waals surface area contributed by atoms with Gasteiger partial charge in [0.1, 0.15) is 0 Å². The molecule has 2 aromatic carbocycles. The number of hydrogen-bond donors (Lipinski definition) is 3. The summed E-state index contributed by atoms with van der Waals surface area (Å²) in [6.45, 7) is 0. The zero-order chi connectivity index (χ0) is 17.0. The topological polar surface area (TPSA) is 136 Å². The number of benzene rings is 2. The minimum atomic E-state index is -3.87. The molecule has 0 saturated heterocycles. The number of hydrogen-bond acceptors (Lipinski definition) is 4. The molecule has 23 heavy (non-hydrogen) atoms. The van der Waals surface area contributed by atoms with Crippen LogP contribution >= 0.6 is 0 Å². The summed E-state index contributed by atoms with van der Waals surface area (Å²) in [6, 6.07) is 11.6. The predicted octanol–water partition coefficient (Wildman–Crippen LogP) is 1.45. The summed E-state index contributed by atoms with van der Waals surface area (Å²) < 4.78 is 22.4. The maximum absolute atomic E-state index is 12.2. The van der Waals surface area contributed by atoms with Crippen molar-refractivity contribution in [1.82, 2.24) is 0 Å². The van der Waals surface area contributed by atoms with E-state index in [1.54, 1.807) is 30.3 Å². The monoisotopic (exact) mass is 334 g/mol. The van der Waals surface area contributed by atoms with Crippen LogP contribution in [0, 0.1) is 0 Å². The molecule has 0 aliphatic heterocycles. The Labute approximate surface area is 132 Å². The number of imide groups is 1. The van der Waals surface area contributed by atoms with E-state index in [0.717, 1.165) is 0 Å². The van der Waals surface area contributed by atoms with E-state index >= 15 is 0 Å². The van der Waals surface area contributed by atoms with Crippen molar-refractivity contribution in [2.24, 2.45) is 10.9 Å². The number of primary amides is 1. The van der Waals surface area contributed by atoms with Crippen LogP contribution in [0.1, 0.15) is 0 Å². The van der Waals surface area contributed by atoms with E-state index in [-0.39, 0.29) is 10.6 Å². The summed E-state index contributed by atoms with van der Waals surface area (Å²) in [5.74, 6) is 0. The highest BCUT2D eigenvalue weighted by molar-refractivity contribution is 7.89. The summed E-state index contributed by atoms with van der Waals surface area (Å²) in [6.07, 6.45) is 0. The van der Waals surface area contributed by atoms with E-state index in [0.29, 0.717) is 10.6 Å². The molecule has 0 bridgehead atoms. The maximum atomic E-state index is 12.2. The van der Waals surface area contributed by atoms with E-state index < -0.39 is 22.1 Å². The highest BCUT2D eigenvalue weighted by atomic mass is 32.2. The van der Waals surface area contributed by atoms with Gasteiger partial charge in [-0.25, -0.2) is 28.0 Å². The summed E-state index contributed by atoms with van der Waals surface area (Å²) in [5.41, 5.74) is 5.82. The molecular formula is C14H14N4O4S. The Morgan fingerprint density at radius 3 is 2.00 bits per heavy atom. The first-order chi connectivity index (χ1) is 10.8. The van der Waals surface area contributed by atoms with Gasteiger partial charge in [0.05, 0.1) is 10.6 Å². The quantitative estimate of drug-likeness (QED) is 0.782. The second kappa shape index (κ2) is 6.46. The van der Waals surface area contributed by atoms with Gasteiger partial charge in [-0.2, -0.15) is 0 Å². The van der Waals surface area contributed by atoms with E-state index in [2.05, 4.69) is 5.32 Å². The van der Waals surface area contributed by atoms with Gasteiger partial charge in [-0.15, -0.1) is 0 Å². The lowest BCUT2D eigenvalue weighted by atomic mass is 10.3. The van der Waals surface area contributed by atoms with E-state index in [1.165, 1.54) is 24.3 Å². The third-order valence-electron chi connectivity index (χ3n) is 2.87. The molecule has 0 heterocycles. The molecule has 8 nitrogen and oxygen atoms in total. The zero-order valence-electron chi connectivity index (χ0n) is 11.8. The minimum absolute atomic E-state index is 0.110. The summed E-state index contributed by atoms with van der Waals surface area (Å²) >= 11 is 0. The number of rotatable bonds is 3. The molecule has 2 aromatic rings. The fourth-order valence-electron chi connectivity index (χ4n) is 1.83. The highest BCUT2D eigenvalue weighted by Gasteiger charge is 2.21. The van der Waals surface area contributed by atoms with Crippen molar-refractivity contribution >= 4 is 33.5 Å². The predicted molar refractivity (Wildman–Crippen MR) is 85.3 cm³/mol. The van der Waals surface area contributed by atoms with Gasteiger partial charge in [0, 0.05) is 5.69 Å². The standard InChI is InChI=1S/C14H14N4O4S/c15-13(19)18(14(20)17-10-4-2-1-3-5-10)11-6-8-12(9-7-11)23(16,21)22/h1-9H,(H2,15,19)(H,17,20)(H2,16,21,22). The number of sulfonamides is 1. The molecular weight excluding hydrogens is 320 g/mol. The first-order valence-electron chi connectivity index (χ1n) is 6.37. The van der Waals surface area contributed by atoms with Gasteiger partial charge in [-0.3, -0.25) is 0 Å². The number of urea groups is 2. The van der Waals surface area contributed by atoms with Gasteiger partial charge in [-0.05, 0) is 36.4 Å². The minimum Gasteiger partial charge on any atom is -0.351 e. The fourth-order valence-corrected chi connectivity index (χ4v) is 2.35. The van der Waals surface area contributed by atoms with Crippen LogP contribution in [0.4, 0.5) is 21.0 Å². The second-order valence-electron chi connectivity index (χ2n) is 4.51. The zero-order valence-corrected chi connectivity index (χ0v) is 12.7. The highest BCUT2D eigenvalue weighted by Crippen LogP contribution is 2.18. The lowest BCUT2D eigenvalue weighted by Gasteiger charge is -2.19. The van der Waals surface area contributed by atoms with Gasteiger partial charge in [-0.1, -0.05) is 18.2 Å². The smallest absolute Gasteiger partial charge is 0.334 e. The Bertz CT molecular complexity index is 820. The molecule has 5 N–H and O–H groups in total. The molecule has 2 rings (SSSR count). The van der Waals surface area contributed by atoms with Crippen molar-refractivity contribution in [3.05, 3.63) is 54.6 Å². The Kier molecular flexibility index (Phi) is 4.63. The Morgan fingerprint density at radius 1 is 0.957 bits per heavy atom. The molecule has 4 amide bonds. The molecule has 9 heteroatoms. The van der Waals surface area contributed by atoms with Crippen molar-refractivity contribution in [2.45, 2.75) is 4.90 Å². The van der Waals surface area contributed by atoms with Crippen molar-refractivity contribution in [3.8, 4) is 0 Å². The van der Waals surface area contributed by atoms with Gasteiger partial charge in [0.2, 0.25) is 10.0 Å². The number of anilines is 2. The van der Waals surface area contributed by atoms with Gasteiger partial charge in [0.25, 0.3) is 0 Å². The summed E-state index contributed by atoms with van der Waals surface area (Å²) in [7, 11) is -3.87. The molecule has 0 aromatic heterocycles. The van der Waals surface area contributed by atoms with Crippen LogP contribution in [0.5, 0.6) is 0 Å². The lowest BCUT2D eigenvalue weighted by molar-refractivity contribution is 0.245. The first-order valence-corrected chi connectivity index (χ1v) is 7.92. The molecule has 0 aliphatic rings. The van der Waals surface area contributed by atoms with Crippen molar-refractivity contribution < 1.29 is 18.0 Å². The van der Waals surface area contributed by atoms with Crippen LogP contribution < -0.4 is 21.1 Å². The normalized spacial score (nSPS) is 10.8. The number of primary sulfonamides is 1. The second-order valence-corrected chi connectivity index (χ2v) is 6.07. The van der Waals surface area contributed by atoms with Gasteiger partial charge >= 0.3 is 12.1 Å². The molecule has 0 saturated carbocycles. The maximum Gasteiger partial charge on any atom is 0.334 e. The van der Waals surface area contributed by atoms with E-state index in [1.807, 2.05) is 0 Å². The van der Waals surface area contributed by atoms with Crippen LogP contribution in [0.25, 0.3) is 0 Å². The summed E-state index contributed by atoms with van der Waals surface area (Å²) in [4.78, 5) is 24.3. The molecule has 0 fully saturated rings. The Balaban J connectivity index is 2.28. The van der Waals surface area contributed by atoms with Crippen LogP contribution in [0.15, 0.2) is 59.5 Å². The van der Waals surface area contributed by atoms with Gasteiger partial charge in [0.15, 0.2) is 0 Å². The Hall–Kier alpha value is -2.91. The molecule has 0 spiro atoms. The number of nitrogens with one attached hydrogen (secondary N) is 1. The number of carbonyl (C=O) groups excluding carboxylic acids is 2. The summed E-state index contributed by atoms with van der Waals surface area (Å²) in [5, 5.41) is 7.50. The van der Waals surface area contributed by atoms with Crippen LogP contribution in [0.3, 0.4) is 0 Å². The van der Waals surface area contributed by atoms with Crippen LogP contribution in [0.2, 0.25) is 0 Å². The average molecular weight is 334 g/mol. The first kappa shape index (κ1) is 16.5. The van der Waals surface area contributed by atoms with Crippen molar-refractivity contribution in [1.29, 1.82) is 0 Å². The third-order valence-corrected chi connectivity index (χ3v) is 3.80. The van der Waals surface area contributed by atoms with Crippen molar-refractivity contribution in [3.63, 3.8) is 0 Å². The van der Waals surface area contributed by atoms with E-state index in [9.17, 15) is 18.0 Å². The average Bonchev–Trinajstić information content (AvgIpc) is 2.47. The number of nitrogens with two attached hydrogens (primary N) is 2. The number of carbonyl (C=O) groups is 2. The SMILES string of the molecule is NC(=O)N(C(=O)Nc1ccccc1)c1ccc(S(N)(=O)=O)cc1. The molecule has 120 valence electrons. The number of nitrogens with zero attached hydrogens (tertiary/aromatic N) is 1. The third kappa shape index (κ3) is 4.05.